The predicted octanol–water partition coefficient (Wildman–Crippen LogP) is 3.02. The van der Waals surface area contributed by atoms with Crippen LogP contribution in [0.25, 0.3) is 0 Å². The number of hydrogen-bond acceptors (Lipinski definition) is 3. The van der Waals surface area contributed by atoms with Gasteiger partial charge in [0.05, 0.1) is 6.04 Å². The van der Waals surface area contributed by atoms with Gasteiger partial charge in [-0.25, -0.2) is 8.78 Å². The Hall–Kier alpha value is -2.31. The number of nitrogens with zero attached hydrogens (tertiary/aromatic N) is 1. The second-order valence-corrected chi connectivity index (χ2v) is 7.34. The van der Waals surface area contributed by atoms with Gasteiger partial charge in [0.15, 0.2) is 0 Å². The molecule has 0 aromatic heterocycles. The molecule has 6 heteroatoms. The Morgan fingerprint density at radius 2 is 1.64 bits per heavy atom. The molecule has 1 aliphatic rings. The van der Waals surface area contributed by atoms with Gasteiger partial charge in [-0.05, 0) is 41.8 Å². The molecule has 0 saturated carbocycles. The predicted molar refractivity (Wildman–Crippen MR) is 106 cm³/mol. The van der Waals surface area contributed by atoms with E-state index in [1.54, 1.807) is 24.3 Å². The Bertz CT molecular complexity index is 734. The van der Waals surface area contributed by atoms with E-state index >= 15 is 0 Å². The van der Waals surface area contributed by atoms with E-state index in [0.29, 0.717) is 13.1 Å². The number of amides is 1. The van der Waals surface area contributed by atoms with Crippen LogP contribution in [0.5, 0.6) is 0 Å². The molecule has 150 valence electrons. The van der Waals surface area contributed by atoms with Crippen LogP contribution >= 0.6 is 0 Å². The van der Waals surface area contributed by atoms with Gasteiger partial charge in [-0.1, -0.05) is 37.6 Å². The summed E-state index contributed by atoms with van der Waals surface area (Å²) in [6.45, 7) is 4.10. The molecule has 28 heavy (non-hydrogen) atoms. The molecule has 2 aromatic carbocycles. The number of carbonyl (C=O) groups excluding carboxylic acids is 1. The van der Waals surface area contributed by atoms with Crippen molar-refractivity contribution < 1.29 is 13.6 Å². The first-order chi connectivity index (χ1) is 13.5. The zero-order valence-corrected chi connectivity index (χ0v) is 16.1. The molecule has 0 radical (unpaired) electrons. The maximum Gasteiger partial charge on any atom is 0.235 e. The second kappa shape index (κ2) is 9.26. The highest BCUT2D eigenvalue weighted by Crippen LogP contribution is 2.34. The number of benzene rings is 2. The average molecular weight is 387 g/mol. The topological polar surface area (TPSA) is 58.4 Å². The number of primary amides is 1. The normalized spacial score (nSPS) is 18.9. The van der Waals surface area contributed by atoms with Gasteiger partial charge in [-0.2, -0.15) is 0 Å². The van der Waals surface area contributed by atoms with E-state index in [1.165, 1.54) is 24.3 Å². The Morgan fingerprint density at radius 1 is 1.11 bits per heavy atom. The zero-order chi connectivity index (χ0) is 20.1. The number of rotatable bonds is 7. The monoisotopic (exact) mass is 387 g/mol. The summed E-state index contributed by atoms with van der Waals surface area (Å²) in [4.78, 5) is 14.0. The fourth-order valence-electron chi connectivity index (χ4n) is 4.10. The van der Waals surface area contributed by atoms with Crippen LogP contribution in [0.15, 0.2) is 48.5 Å². The first kappa shape index (κ1) is 20.4. The van der Waals surface area contributed by atoms with Crippen molar-refractivity contribution in [1.82, 2.24) is 10.2 Å². The summed E-state index contributed by atoms with van der Waals surface area (Å²) < 4.78 is 27.1. The van der Waals surface area contributed by atoms with Crippen LogP contribution in [0, 0.1) is 11.6 Å². The summed E-state index contributed by atoms with van der Waals surface area (Å²) in [5, 5.41) is 3.16. The lowest BCUT2D eigenvalue weighted by atomic mass is 9.81. The summed E-state index contributed by atoms with van der Waals surface area (Å²) >= 11 is 0. The Morgan fingerprint density at radius 3 is 2.11 bits per heavy atom. The van der Waals surface area contributed by atoms with Crippen molar-refractivity contribution in [1.29, 1.82) is 0 Å². The van der Waals surface area contributed by atoms with E-state index in [4.69, 9.17) is 5.73 Å². The molecule has 0 bridgehead atoms. The van der Waals surface area contributed by atoms with Crippen molar-refractivity contribution in [3.05, 3.63) is 71.3 Å². The smallest absolute Gasteiger partial charge is 0.235 e. The Kier molecular flexibility index (Phi) is 6.75. The number of nitrogens with two attached hydrogens (primary N) is 1. The van der Waals surface area contributed by atoms with E-state index < -0.39 is 6.04 Å². The largest absolute Gasteiger partial charge is 0.368 e. The molecule has 0 aliphatic carbocycles. The maximum absolute atomic E-state index is 13.5. The average Bonchev–Trinajstić information content (AvgIpc) is 2.70. The third-order valence-corrected chi connectivity index (χ3v) is 5.45. The Balaban J connectivity index is 2.00. The van der Waals surface area contributed by atoms with Gasteiger partial charge >= 0.3 is 0 Å². The molecule has 1 heterocycles. The fraction of sp³-hybridized carbons (Fsp3) is 0.409. The highest BCUT2D eigenvalue weighted by atomic mass is 19.1. The molecule has 1 saturated heterocycles. The van der Waals surface area contributed by atoms with Gasteiger partial charge in [0, 0.05) is 31.6 Å². The Labute approximate surface area is 164 Å². The SMILES string of the molecule is CCCC(C(c1ccc(F)cc1)c1ccc(F)cc1)N1CCNC(C(N)=O)C1. The van der Waals surface area contributed by atoms with Crippen LogP contribution in [-0.2, 0) is 4.79 Å². The van der Waals surface area contributed by atoms with E-state index in [2.05, 4.69) is 17.1 Å². The summed E-state index contributed by atoms with van der Waals surface area (Å²) in [6, 6.07) is 12.7. The van der Waals surface area contributed by atoms with E-state index in [0.717, 1.165) is 30.5 Å². The highest BCUT2D eigenvalue weighted by Gasteiger charge is 2.34. The molecule has 2 unspecified atom stereocenters. The van der Waals surface area contributed by atoms with Gasteiger partial charge in [0.2, 0.25) is 5.91 Å². The minimum absolute atomic E-state index is 0.0622. The summed E-state index contributed by atoms with van der Waals surface area (Å²) in [6.07, 6.45) is 1.85. The molecule has 3 N–H and O–H groups in total. The van der Waals surface area contributed by atoms with Crippen LogP contribution in [0.4, 0.5) is 8.78 Å². The minimum Gasteiger partial charge on any atom is -0.368 e. The lowest BCUT2D eigenvalue weighted by Gasteiger charge is -2.42. The third-order valence-electron chi connectivity index (χ3n) is 5.45. The standard InChI is InChI=1S/C22H27F2N3O/c1-2-3-20(27-13-12-26-19(14-27)22(25)28)21(15-4-8-17(23)9-5-15)16-6-10-18(24)11-7-16/h4-11,19-21,26H,2-3,12-14H2,1H3,(H2,25,28). The van der Waals surface area contributed by atoms with Crippen molar-refractivity contribution in [3.8, 4) is 0 Å². The summed E-state index contributed by atoms with van der Waals surface area (Å²) in [5.74, 6) is -0.998. The van der Waals surface area contributed by atoms with Crippen LogP contribution in [0.1, 0.15) is 36.8 Å². The summed E-state index contributed by atoms with van der Waals surface area (Å²) in [7, 11) is 0. The number of carbonyl (C=O) groups is 1. The van der Waals surface area contributed by atoms with Gasteiger partial charge in [-0.15, -0.1) is 0 Å². The molecule has 4 nitrogen and oxygen atoms in total. The lowest BCUT2D eigenvalue weighted by molar-refractivity contribution is -0.121. The number of hydrogen-bond donors (Lipinski definition) is 2. The van der Waals surface area contributed by atoms with E-state index in [-0.39, 0.29) is 29.5 Å². The van der Waals surface area contributed by atoms with Crippen LogP contribution < -0.4 is 11.1 Å². The zero-order valence-electron chi connectivity index (χ0n) is 16.1. The highest BCUT2D eigenvalue weighted by molar-refractivity contribution is 5.80. The van der Waals surface area contributed by atoms with Crippen molar-refractivity contribution >= 4 is 5.91 Å². The summed E-state index contributed by atoms with van der Waals surface area (Å²) in [5.41, 5.74) is 7.47. The van der Waals surface area contributed by atoms with E-state index in [9.17, 15) is 13.6 Å². The number of nitrogens with one attached hydrogen (secondary N) is 1. The van der Waals surface area contributed by atoms with Crippen LogP contribution in [0.2, 0.25) is 0 Å². The van der Waals surface area contributed by atoms with Crippen LogP contribution in [0.3, 0.4) is 0 Å². The maximum atomic E-state index is 13.5. The molecule has 3 rings (SSSR count). The third kappa shape index (κ3) is 4.75. The molecule has 0 spiro atoms. The molecule has 1 fully saturated rings. The van der Waals surface area contributed by atoms with Gasteiger partial charge in [0.25, 0.3) is 0 Å². The van der Waals surface area contributed by atoms with E-state index in [1.807, 2.05) is 0 Å². The fourth-order valence-corrected chi connectivity index (χ4v) is 4.10. The molecule has 1 amide bonds. The van der Waals surface area contributed by atoms with Gasteiger partial charge < -0.3 is 11.1 Å². The quantitative estimate of drug-likeness (QED) is 0.768. The number of halogens is 2. The molecular formula is C22H27F2N3O. The first-order valence-electron chi connectivity index (χ1n) is 9.77. The number of piperazine rings is 1. The first-order valence-corrected chi connectivity index (χ1v) is 9.77. The molecular weight excluding hydrogens is 360 g/mol. The van der Waals surface area contributed by atoms with Crippen molar-refractivity contribution in [3.63, 3.8) is 0 Å². The molecule has 2 aromatic rings. The second-order valence-electron chi connectivity index (χ2n) is 7.34. The van der Waals surface area contributed by atoms with Crippen molar-refractivity contribution in [2.75, 3.05) is 19.6 Å². The lowest BCUT2D eigenvalue weighted by Crippen LogP contribution is -2.59. The molecule has 2 atom stereocenters. The van der Waals surface area contributed by atoms with Gasteiger partial charge in [0.1, 0.15) is 11.6 Å². The molecule has 1 aliphatic heterocycles. The van der Waals surface area contributed by atoms with Gasteiger partial charge in [-0.3, -0.25) is 9.69 Å². The van der Waals surface area contributed by atoms with Crippen molar-refractivity contribution in [2.45, 2.75) is 37.8 Å². The van der Waals surface area contributed by atoms with Crippen molar-refractivity contribution in [2.24, 2.45) is 5.73 Å². The van der Waals surface area contributed by atoms with Crippen LogP contribution in [-0.4, -0.2) is 42.5 Å². The minimum atomic E-state index is -0.393.